The highest BCUT2D eigenvalue weighted by Crippen LogP contribution is 2.31. The Kier molecular flexibility index (Phi) is 4.15. The average molecular weight is 286 g/mol. The number of aromatic nitrogens is 2. The van der Waals surface area contributed by atoms with Gasteiger partial charge in [0.1, 0.15) is 10.7 Å². The Morgan fingerprint density at radius 1 is 1.37 bits per heavy atom. The molecule has 0 aromatic carbocycles. The van der Waals surface area contributed by atoms with Gasteiger partial charge in [0, 0.05) is 6.04 Å². The van der Waals surface area contributed by atoms with E-state index >= 15 is 0 Å². The quantitative estimate of drug-likeness (QED) is 0.880. The molecule has 3 N–H and O–H groups in total. The summed E-state index contributed by atoms with van der Waals surface area (Å²) in [6.45, 7) is 3.55. The summed E-state index contributed by atoms with van der Waals surface area (Å²) >= 11 is 0. The van der Waals surface area contributed by atoms with Gasteiger partial charge in [-0.15, -0.1) is 0 Å². The molecule has 1 saturated carbocycles. The van der Waals surface area contributed by atoms with E-state index in [1.807, 2.05) is 0 Å². The van der Waals surface area contributed by atoms with E-state index in [-0.39, 0.29) is 22.8 Å². The number of nitrogens with one attached hydrogen (secondary N) is 1. The van der Waals surface area contributed by atoms with Crippen molar-refractivity contribution in [2.75, 3.05) is 5.73 Å². The Bertz CT molecular complexity index is 530. The number of nitrogens with two attached hydrogens (primary N) is 1. The van der Waals surface area contributed by atoms with Gasteiger partial charge in [0.2, 0.25) is 10.0 Å². The first-order valence-electron chi connectivity index (χ1n) is 6.77. The number of nitrogen functional groups attached to an aromatic ring is 1. The van der Waals surface area contributed by atoms with Gasteiger partial charge in [0.15, 0.2) is 0 Å². The molecule has 1 aliphatic carbocycles. The zero-order chi connectivity index (χ0) is 14.0. The number of hydrogen-bond acceptors (Lipinski definition) is 4. The minimum atomic E-state index is -3.57. The second-order valence-corrected chi connectivity index (χ2v) is 7.09. The van der Waals surface area contributed by atoms with Crippen LogP contribution >= 0.6 is 0 Å². The molecule has 0 amide bonds. The Balaban J connectivity index is 2.27. The predicted octanol–water partition coefficient (Wildman–Crippen LogP) is 1.66. The minimum absolute atomic E-state index is 0.0896. The molecule has 0 aliphatic heterocycles. The van der Waals surface area contributed by atoms with E-state index in [1.54, 1.807) is 18.5 Å². The normalized spacial score (nSPS) is 18.1. The van der Waals surface area contributed by atoms with Crippen LogP contribution in [0.15, 0.2) is 11.1 Å². The van der Waals surface area contributed by atoms with Crippen LogP contribution < -0.4 is 10.5 Å². The van der Waals surface area contributed by atoms with Gasteiger partial charge in [0.25, 0.3) is 0 Å². The topological polar surface area (TPSA) is 90.0 Å². The van der Waals surface area contributed by atoms with Crippen LogP contribution in [0.3, 0.4) is 0 Å². The van der Waals surface area contributed by atoms with Crippen LogP contribution in [0.4, 0.5) is 5.82 Å². The van der Waals surface area contributed by atoms with Crippen molar-refractivity contribution in [1.29, 1.82) is 0 Å². The van der Waals surface area contributed by atoms with Crippen molar-refractivity contribution < 1.29 is 8.42 Å². The molecule has 1 heterocycles. The van der Waals surface area contributed by atoms with Crippen LogP contribution in [0, 0.1) is 0 Å². The van der Waals surface area contributed by atoms with Gasteiger partial charge in [-0.05, 0) is 26.7 Å². The maximum absolute atomic E-state index is 12.1. The molecule has 19 heavy (non-hydrogen) atoms. The van der Waals surface area contributed by atoms with Gasteiger partial charge in [-0.2, -0.15) is 5.10 Å². The van der Waals surface area contributed by atoms with Crippen molar-refractivity contribution in [1.82, 2.24) is 14.5 Å². The van der Waals surface area contributed by atoms with E-state index in [0.29, 0.717) is 0 Å². The van der Waals surface area contributed by atoms with Crippen molar-refractivity contribution in [3.8, 4) is 0 Å². The molecular formula is C12H22N4O2S. The maximum atomic E-state index is 12.1. The first-order valence-corrected chi connectivity index (χ1v) is 8.25. The van der Waals surface area contributed by atoms with E-state index < -0.39 is 10.0 Å². The molecule has 0 bridgehead atoms. The van der Waals surface area contributed by atoms with Crippen LogP contribution in [0.1, 0.15) is 52.0 Å². The number of rotatable bonds is 4. The molecule has 2 rings (SSSR count). The van der Waals surface area contributed by atoms with Crippen LogP contribution in [0.5, 0.6) is 0 Å². The third-order valence-electron chi connectivity index (χ3n) is 3.40. The number of sulfonamides is 1. The Labute approximate surface area is 114 Å². The Morgan fingerprint density at radius 2 is 2.00 bits per heavy atom. The highest BCUT2D eigenvalue weighted by molar-refractivity contribution is 7.89. The molecule has 0 saturated heterocycles. The van der Waals surface area contributed by atoms with Gasteiger partial charge in [0.05, 0.1) is 12.2 Å². The molecule has 0 spiro atoms. The summed E-state index contributed by atoms with van der Waals surface area (Å²) in [4.78, 5) is 0.0896. The largest absolute Gasteiger partial charge is 0.383 e. The summed E-state index contributed by atoms with van der Waals surface area (Å²) in [7, 11) is -3.57. The average Bonchev–Trinajstić information content (AvgIpc) is 2.71. The molecule has 0 unspecified atom stereocenters. The molecule has 1 aromatic rings. The number of anilines is 1. The van der Waals surface area contributed by atoms with Crippen molar-refractivity contribution in [2.24, 2.45) is 0 Å². The molecule has 108 valence electrons. The summed E-state index contributed by atoms with van der Waals surface area (Å²) in [5, 5.41) is 4.19. The SMILES string of the molecule is CC(C)NS(=O)(=O)c1cnn(C2CCCCC2)c1N. The second kappa shape index (κ2) is 5.50. The number of nitrogens with zero attached hydrogens (tertiary/aromatic N) is 2. The standard InChI is InChI=1S/C12H22N4O2S/c1-9(2)15-19(17,18)11-8-14-16(12(11)13)10-6-4-3-5-7-10/h8-10,15H,3-7,13H2,1-2H3. The fourth-order valence-electron chi connectivity index (χ4n) is 2.55. The van der Waals surface area contributed by atoms with E-state index in [9.17, 15) is 8.42 Å². The first-order chi connectivity index (χ1) is 8.92. The minimum Gasteiger partial charge on any atom is -0.383 e. The maximum Gasteiger partial charge on any atom is 0.246 e. The summed E-state index contributed by atoms with van der Waals surface area (Å²) in [5.74, 6) is 0.250. The number of hydrogen-bond donors (Lipinski definition) is 2. The zero-order valence-corrected chi connectivity index (χ0v) is 12.3. The van der Waals surface area contributed by atoms with Gasteiger partial charge in [-0.1, -0.05) is 19.3 Å². The molecule has 1 fully saturated rings. The first kappa shape index (κ1) is 14.3. The highest BCUT2D eigenvalue weighted by atomic mass is 32.2. The molecule has 1 aliphatic rings. The van der Waals surface area contributed by atoms with E-state index in [0.717, 1.165) is 25.7 Å². The third-order valence-corrected chi connectivity index (χ3v) is 5.07. The van der Waals surface area contributed by atoms with E-state index in [4.69, 9.17) is 5.73 Å². The Hall–Kier alpha value is -1.08. The van der Waals surface area contributed by atoms with Crippen molar-refractivity contribution in [3.63, 3.8) is 0 Å². The van der Waals surface area contributed by atoms with Crippen LogP contribution in [0.2, 0.25) is 0 Å². The molecule has 0 atom stereocenters. The monoisotopic (exact) mass is 286 g/mol. The van der Waals surface area contributed by atoms with E-state index in [1.165, 1.54) is 12.6 Å². The fourth-order valence-corrected chi connectivity index (χ4v) is 3.86. The lowest BCUT2D eigenvalue weighted by Gasteiger charge is -2.23. The predicted molar refractivity (Wildman–Crippen MR) is 74.2 cm³/mol. The van der Waals surface area contributed by atoms with Crippen LogP contribution in [-0.2, 0) is 10.0 Å². The molecular weight excluding hydrogens is 264 g/mol. The van der Waals surface area contributed by atoms with Gasteiger partial charge >= 0.3 is 0 Å². The van der Waals surface area contributed by atoms with Gasteiger partial charge in [-0.3, -0.25) is 0 Å². The van der Waals surface area contributed by atoms with Crippen LogP contribution in [0.25, 0.3) is 0 Å². The summed E-state index contributed by atoms with van der Waals surface area (Å²) in [6.07, 6.45) is 6.92. The van der Waals surface area contributed by atoms with Crippen molar-refractivity contribution in [2.45, 2.75) is 62.9 Å². The Morgan fingerprint density at radius 3 is 2.58 bits per heavy atom. The van der Waals surface area contributed by atoms with Gasteiger partial charge < -0.3 is 5.73 Å². The molecule has 6 nitrogen and oxygen atoms in total. The smallest absolute Gasteiger partial charge is 0.246 e. The lowest BCUT2D eigenvalue weighted by molar-refractivity contribution is 0.333. The van der Waals surface area contributed by atoms with Crippen LogP contribution in [-0.4, -0.2) is 24.2 Å². The molecule has 0 radical (unpaired) electrons. The van der Waals surface area contributed by atoms with E-state index in [2.05, 4.69) is 9.82 Å². The lowest BCUT2D eigenvalue weighted by atomic mass is 9.96. The van der Waals surface area contributed by atoms with Crippen molar-refractivity contribution >= 4 is 15.8 Å². The molecule has 7 heteroatoms. The fraction of sp³-hybridized carbons (Fsp3) is 0.750. The summed E-state index contributed by atoms with van der Waals surface area (Å²) < 4.78 is 28.4. The lowest BCUT2D eigenvalue weighted by Crippen LogP contribution is -2.30. The summed E-state index contributed by atoms with van der Waals surface area (Å²) in [6, 6.07) is 0.0687. The second-order valence-electron chi connectivity index (χ2n) is 5.41. The summed E-state index contributed by atoms with van der Waals surface area (Å²) in [5.41, 5.74) is 5.98. The zero-order valence-electron chi connectivity index (χ0n) is 11.5. The van der Waals surface area contributed by atoms with Crippen molar-refractivity contribution in [3.05, 3.63) is 6.20 Å². The van der Waals surface area contributed by atoms with Gasteiger partial charge in [-0.25, -0.2) is 17.8 Å². The third kappa shape index (κ3) is 3.09. The highest BCUT2D eigenvalue weighted by Gasteiger charge is 2.26. The molecule has 1 aromatic heterocycles.